The van der Waals surface area contributed by atoms with Gasteiger partial charge in [0.2, 0.25) is 5.91 Å². The molecule has 0 bridgehead atoms. The summed E-state index contributed by atoms with van der Waals surface area (Å²) in [7, 11) is 3.25. The number of hydrogen-bond acceptors (Lipinski definition) is 4. The van der Waals surface area contributed by atoms with E-state index in [1.165, 1.54) is 30.0 Å². The first-order valence-electron chi connectivity index (χ1n) is 8.74. The van der Waals surface area contributed by atoms with Crippen molar-refractivity contribution in [3.63, 3.8) is 0 Å². The number of nitrogens with one attached hydrogen (secondary N) is 2. The first-order chi connectivity index (χ1) is 13.6. The number of benzene rings is 2. The topological polar surface area (TPSA) is 70.7 Å². The molecule has 9 heteroatoms. The molecule has 0 heterocycles. The third kappa shape index (κ3) is 6.41. The van der Waals surface area contributed by atoms with Crippen LogP contribution in [0.1, 0.15) is 12.5 Å². The van der Waals surface area contributed by atoms with Crippen molar-refractivity contribution in [3.05, 3.63) is 54.1 Å². The van der Waals surface area contributed by atoms with Crippen LogP contribution in [0.3, 0.4) is 0 Å². The maximum Gasteiger partial charge on any atom is 0.418 e. The van der Waals surface area contributed by atoms with Gasteiger partial charge in [0, 0.05) is 19.8 Å². The van der Waals surface area contributed by atoms with Gasteiger partial charge in [-0.1, -0.05) is 12.1 Å². The quantitative estimate of drug-likeness (QED) is 0.733. The van der Waals surface area contributed by atoms with Crippen LogP contribution in [-0.4, -0.2) is 43.5 Å². The van der Waals surface area contributed by atoms with Crippen LogP contribution in [0.2, 0.25) is 0 Å². The van der Waals surface area contributed by atoms with E-state index in [1.807, 2.05) is 0 Å². The summed E-state index contributed by atoms with van der Waals surface area (Å²) >= 11 is 0. The van der Waals surface area contributed by atoms with Crippen molar-refractivity contribution in [1.82, 2.24) is 4.90 Å². The van der Waals surface area contributed by atoms with E-state index < -0.39 is 23.7 Å². The third-order valence-corrected chi connectivity index (χ3v) is 3.98. The Labute approximate surface area is 166 Å². The number of rotatable bonds is 7. The number of alkyl halides is 3. The first kappa shape index (κ1) is 22.1. The molecule has 2 amide bonds. The average molecular weight is 409 g/mol. The molecule has 2 rings (SSSR count). The van der Waals surface area contributed by atoms with Crippen LogP contribution in [0.15, 0.2) is 48.5 Å². The molecule has 0 aliphatic carbocycles. The Morgan fingerprint density at radius 3 is 2.28 bits per heavy atom. The number of carbonyl (C=O) groups excluding carboxylic acids is 2. The summed E-state index contributed by atoms with van der Waals surface area (Å²) in [6, 6.07) is 10.5. The largest absolute Gasteiger partial charge is 0.484 e. The second kappa shape index (κ2) is 9.31. The van der Waals surface area contributed by atoms with Gasteiger partial charge in [0.05, 0.1) is 11.3 Å². The summed E-state index contributed by atoms with van der Waals surface area (Å²) in [5.41, 5.74) is -0.634. The normalized spacial score (nSPS) is 12.1. The Morgan fingerprint density at radius 1 is 1.07 bits per heavy atom. The Balaban J connectivity index is 1.96. The highest BCUT2D eigenvalue weighted by atomic mass is 19.4. The molecule has 0 radical (unpaired) electrons. The lowest BCUT2D eigenvalue weighted by atomic mass is 10.1. The van der Waals surface area contributed by atoms with Gasteiger partial charge < -0.3 is 20.3 Å². The highest BCUT2D eigenvalue weighted by Crippen LogP contribution is 2.34. The van der Waals surface area contributed by atoms with E-state index in [1.54, 1.807) is 38.4 Å². The number of likely N-dealkylation sites (N-methyl/N-ethyl adjacent to an activating group) is 1. The second-order valence-corrected chi connectivity index (χ2v) is 6.50. The van der Waals surface area contributed by atoms with Gasteiger partial charge in [0.25, 0.3) is 5.91 Å². The Morgan fingerprint density at radius 2 is 1.69 bits per heavy atom. The van der Waals surface area contributed by atoms with Crippen molar-refractivity contribution in [3.8, 4) is 5.75 Å². The number of halogens is 3. The molecule has 29 heavy (non-hydrogen) atoms. The first-order valence-corrected chi connectivity index (χ1v) is 8.74. The molecule has 0 unspecified atom stereocenters. The van der Waals surface area contributed by atoms with Crippen molar-refractivity contribution in [1.29, 1.82) is 0 Å². The fourth-order valence-electron chi connectivity index (χ4n) is 2.32. The SMILES string of the molecule is C[C@@H](Nc1ccc(OCC(=O)N(C)C)cc1)C(=O)Nc1ccccc1C(F)(F)F. The lowest BCUT2D eigenvalue weighted by molar-refractivity contribution is -0.137. The molecule has 0 saturated heterocycles. The summed E-state index contributed by atoms with van der Waals surface area (Å²) in [6.45, 7) is 1.43. The fourth-order valence-corrected chi connectivity index (χ4v) is 2.32. The minimum Gasteiger partial charge on any atom is -0.484 e. The van der Waals surface area contributed by atoms with Crippen LogP contribution in [0.25, 0.3) is 0 Å². The van der Waals surface area contributed by atoms with Crippen LogP contribution in [0, 0.1) is 0 Å². The summed E-state index contributed by atoms with van der Waals surface area (Å²) in [5.74, 6) is -0.322. The van der Waals surface area contributed by atoms with E-state index >= 15 is 0 Å². The van der Waals surface area contributed by atoms with Crippen LogP contribution in [0.5, 0.6) is 5.75 Å². The van der Waals surface area contributed by atoms with E-state index in [0.717, 1.165) is 6.07 Å². The number of ether oxygens (including phenoxy) is 1. The van der Waals surface area contributed by atoms with Crippen LogP contribution >= 0.6 is 0 Å². The number of hydrogen-bond donors (Lipinski definition) is 2. The number of nitrogens with zero attached hydrogens (tertiary/aromatic N) is 1. The minimum atomic E-state index is -4.57. The monoisotopic (exact) mass is 409 g/mol. The van der Waals surface area contributed by atoms with Crippen molar-refractivity contribution >= 4 is 23.2 Å². The third-order valence-electron chi connectivity index (χ3n) is 3.98. The van der Waals surface area contributed by atoms with Gasteiger partial charge in [-0.25, -0.2) is 0 Å². The average Bonchev–Trinajstić information content (AvgIpc) is 2.66. The van der Waals surface area contributed by atoms with Gasteiger partial charge in [-0.05, 0) is 43.3 Å². The van der Waals surface area contributed by atoms with Crippen molar-refractivity contribution < 1.29 is 27.5 Å². The molecule has 0 aliphatic rings. The zero-order chi connectivity index (χ0) is 21.6. The maximum absolute atomic E-state index is 13.0. The molecule has 0 fully saturated rings. The van der Waals surface area contributed by atoms with E-state index in [-0.39, 0.29) is 18.2 Å². The predicted octanol–water partition coefficient (Wildman–Crippen LogP) is 3.61. The minimum absolute atomic E-state index is 0.100. The molecule has 0 spiro atoms. The van der Waals surface area contributed by atoms with E-state index in [4.69, 9.17) is 4.74 Å². The zero-order valence-corrected chi connectivity index (χ0v) is 16.2. The summed E-state index contributed by atoms with van der Waals surface area (Å²) in [5, 5.41) is 5.21. The Bertz CT molecular complexity index is 852. The summed E-state index contributed by atoms with van der Waals surface area (Å²) < 4.78 is 44.5. The lowest BCUT2D eigenvalue weighted by Gasteiger charge is -2.18. The highest BCUT2D eigenvalue weighted by Gasteiger charge is 2.33. The number of carbonyl (C=O) groups is 2. The molecule has 6 nitrogen and oxygen atoms in total. The van der Waals surface area contributed by atoms with Crippen LogP contribution < -0.4 is 15.4 Å². The lowest BCUT2D eigenvalue weighted by Crippen LogP contribution is -2.32. The highest BCUT2D eigenvalue weighted by molar-refractivity contribution is 5.96. The fraction of sp³-hybridized carbons (Fsp3) is 0.300. The molecule has 0 saturated carbocycles. The van der Waals surface area contributed by atoms with E-state index in [2.05, 4.69) is 10.6 Å². The smallest absolute Gasteiger partial charge is 0.418 e. The van der Waals surface area contributed by atoms with Crippen LogP contribution in [0.4, 0.5) is 24.5 Å². The van der Waals surface area contributed by atoms with Gasteiger partial charge in [-0.3, -0.25) is 9.59 Å². The number of para-hydroxylation sites is 1. The molecule has 2 N–H and O–H groups in total. The molecule has 1 atom stereocenters. The summed E-state index contributed by atoms with van der Waals surface area (Å²) in [6.07, 6.45) is -4.57. The molecular weight excluding hydrogens is 387 g/mol. The molecule has 0 aromatic heterocycles. The molecule has 156 valence electrons. The molecular formula is C20H22F3N3O3. The second-order valence-electron chi connectivity index (χ2n) is 6.50. The standard InChI is InChI=1S/C20H22F3N3O3/c1-13(19(28)25-17-7-5-4-6-16(17)20(21,22)23)24-14-8-10-15(11-9-14)29-12-18(27)26(2)3/h4-11,13,24H,12H2,1-3H3,(H,25,28)/t13-/m1/s1. The van der Waals surface area contributed by atoms with Crippen molar-refractivity contribution in [2.24, 2.45) is 0 Å². The van der Waals surface area contributed by atoms with Crippen molar-refractivity contribution in [2.45, 2.75) is 19.1 Å². The van der Waals surface area contributed by atoms with E-state index in [9.17, 15) is 22.8 Å². The van der Waals surface area contributed by atoms with Gasteiger partial charge >= 0.3 is 6.18 Å². The van der Waals surface area contributed by atoms with Gasteiger partial charge in [0.15, 0.2) is 6.61 Å². The molecule has 2 aromatic carbocycles. The van der Waals surface area contributed by atoms with Gasteiger partial charge in [0.1, 0.15) is 11.8 Å². The maximum atomic E-state index is 13.0. The Kier molecular flexibility index (Phi) is 7.08. The molecule has 0 aliphatic heterocycles. The predicted molar refractivity (Wildman–Crippen MR) is 104 cm³/mol. The molecule has 2 aromatic rings. The van der Waals surface area contributed by atoms with Gasteiger partial charge in [-0.2, -0.15) is 13.2 Å². The van der Waals surface area contributed by atoms with E-state index in [0.29, 0.717) is 11.4 Å². The number of anilines is 2. The van der Waals surface area contributed by atoms with Crippen LogP contribution in [-0.2, 0) is 15.8 Å². The summed E-state index contributed by atoms with van der Waals surface area (Å²) in [4.78, 5) is 25.2. The van der Waals surface area contributed by atoms with Gasteiger partial charge in [-0.15, -0.1) is 0 Å². The zero-order valence-electron chi connectivity index (χ0n) is 16.2. The number of amides is 2. The Hall–Kier alpha value is -3.23. The van der Waals surface area contributed by atoms with Crippen molar-refractivity contribution in [2.75, 3.05) is 31.3 Å².